The van der Waals surface area contributed by atoms with E-state index in [9.17, 15) is 23.1 Å². The number of carboxylic acid groups (broad SMARTS) is 1. The second kappa shape index (κ2) is 5.34. The van der Waals surface area contributed by atoms with Crippen LogP contribution in [0.5, 0.6) is 5.75 Å². The van der Waals surface area contributed by atoms with Crippen molar-refractivity contribution in [1.29, 1.82) is 0 Å². The molecule has 0 atom stereocenters. The van der Waals surface area contributed by atoms with Gasteiger partial charge >= 0.3 is 12.3 Å². The first-order chi connectivity index (χ1) is 9.31. The van der Waals surface area contributed by atoms with Crippen molar-refractivity contribution in [3.05, 3.63) is 29.8 Å². The van der Waals surface area contributed by atoms with Crippen LogP contribution in [-0.4, -0.2) is 17.4 Å². The van der Waals surface area contributed by atoms with E-state index in [1.54, 1.807) is 0 Å². The van der Waals surface area contributed by atoms with Gasteiger partial charge in [-0.2, -0.15) is 0 Å². The van der Waals surface area contributed by atoms with Crippen molar-refractivity contribution in [2.75, 3.05) is 0 Å². The maximum Gasteiger partial charge on any atom is 0.573 e. The van der Waals surface area contributed by atoms with Crippen LogP contribution in [0.3, 0.4) is 0 Å². The number of hydrogen-bond donors (Lipinski definition) is 1. The quantitative estimate of drug-likeness (QED) is 0.917. The van der Waals surface area contributed by atoms with Crippen LogP contribution in [0.2, 0.25) is 0 Å². The summed E-state index contributed by atoms with van der Waals surface area (Å²) in [6, 6.07) is 5.41. The molecule has 0 aliphatic heterocycles. The summed E-state index contributed by atoms with van der Waals surface area (Å²) in [6.07, 6.45) is -1.39. The van der Waals surface area contributed by atoms with Crippen LogP contribution < -0.4 is 4.74 Å². The molecule has 0 bridgehead atoms. The van der Waals surface area contributed by atoms with Crippen molar-refractivity contribution >= 4 is 5.97 Å². The lowest BCUT2D eigenvalue weighted by Crippen LogP contribution is -2.30. The highest BCUT2D eigenvalue weighted by Crippen LogP contribution is 2.41. The van der Waals surface area contributed by atoms with Crippen LogP contribution in [0.4, 0.5) is 13.2 Å². The molecule has 1 N–H and O–H groups in total. The molecule has 1 aromatic rings. The van der Waals surface area contributed by atoms with Crippen molar-refractivity contribution in [1.82, 2.24) is 0 Å². The Morgan fingerprint density at radius 2 is 1.75 bits per heavy atom. The highest BCUT2D eigenvalue weighted by molar-refractivity contribution is 5.75. The van der Waals surface area contributed by atoms with E-state index in [-0.39, 0.29) is 5.75 Å². The highest BCUT2D eigenvalue weighted by Gasteiger charge is 2.41. The Kier molecular flexibility index (Phi) is 3.92. The molecule has 1 fully saturated rings. The summed E-state index contributed by atoms with van der Waals surface area (Å²) in [4.78, 5) is 11.4. The third-order valence-corrected chi connectivity index (χ3v) is 3.71. The molecule has 0 radical (unpaired) electrons. The van der Waals surface area contributed by atoms with Gasteiger partial charge in [-0.3, -0.25) is 4.79 Å². The fourth-order valence-corrected chi connectivity index (χ4v) is 2.72. The molecule has 0 aromatic heterocycles. The molecular formula is C14H15F3O3. The average molecular weight is 288 g/mol. The second-order valence-electron chi connectivity index (χ2n) is 5.16. The predicted molar refractivity (Wildman–Crippen MR) is 65.4 cm³/mol. The number of rotatable bonds is 4. The predicted octanol–water partition coefficient (Wildman–Crippen LogP) is 3.77. The van der Waals surface area contributed by atoms with E-state index in [1.807, 2.05) is 0 Å². The van der Waals surface area contributed by atoms with Crippen LogP contribution >= 0.6 is 0 Å². The van der Waals surface area contributed by atoms with Gasteiger partial charge in [0, 0.05) is 0 Å². The molecule has 0 spiro atoms. The first kappa shape index (κ1) is 14.7. The molecule has 2 rings (SSSR count). The Morgan fingerprint density at radius 1 is 1.20 bits per heavy atom. The molecule has 1 aliphatic rings. The van der Waals surface area contributed by atoms with Gasteiger partial charge in [0.2, 0.25) is 0 Å². The molecule has 20 heavy (non-hydrogen) atoms. The van der Waals surface area contributed by atoms with Crippen LogP contribution in [0.15, 0.2) is 24.3 Å². The largest absolute Gasteiger partial charge is 0.573 e. The molecule has 0 heterocycles. The van der Waals surface area contributed by atoms with E-state index in [0.717, 1.165) is 12.8 Å². The normalized spacial score (nSPS) is 17.9. The number of benzene rings is 1. The van der Waals surface area contributed by atoms with E-state index >= 15 is 0 Å². The number of carbonyl (C=O) groups is 1. The third kappa shape index (κ3) is 3.43. The van der Waals surface area contributed by atoms with E-state index in [0.29, 0.717) is 24.8 Å². The van der Waals surface area contributed by atoms with Crippen molar-refractivity contribution in [2.45, 2.75) is 38.5 Å². The zero-order valence-electron chi connectivity index (χ0n) is 10.7. The highest BCUT2D eigenvalue weighted by atomic mass is 19.4. The number of halogens is 3. The summed E-state index contributed by atoms with van der Waals surface area (Å²) in [6.45, 7) is 0. The maximum atomic E-state index is 12.0. The van der Waals surface area contributed by atoms with E-state index in [2.05, 4.69) is 4.74 Å². The topological polar surface area (TPSA) is 46.5 Å². The lowest BCUT2D eigenvalue weighted by Gasteiger charge is -2.23. The Balaban J connectivity index is 2.08. The van der Waals surface area contributed by atoms with Crippen molar-refractivity contribution in [2.24, 2.45) is 5.41 Å². The van der Waals surface area contributed by atoms with Crippen LogP contribution in [0, 0.1) is 5.41 Å². The summed E-state index contributed by atoms with van der Waals surface area (Å²) in [5, 5.41) is 9.36. The number of ether oxygens (including phenoxy) is 1. The molecule has 110 valence electrons. The standard InChI is InChI=1S/C14H15F3O3/c15-14(16,17)20-11-5-3-10(4-6-11)9-13(12(18)19)7-1-2-8-13/h3-6H,1-2,7-9H2,(H,18,19). The first-order valence-corrected chi connectivity index (χ1v) is 6.39. The van der Waals surface area contributed by atoms with Gasteiger partial charge < -0.3 is 9.84 Å². The summed E-state index contributed by atoms with van der Waals surface area (Å²) < 4.78 is 39.9. The molecule has 0 amide bonds. The average Bonchev–Trinajstić information content (AvgIpc) is 2.80. The number of carboxylic acids is 1. The van der Waals surface area contributed by atoms with Crippen molar-refractivity contribution < 1.29 is 27.8 Å². The SMILES string of the molecule is O=C(O)C1(Cc2ccc(OC(F)(F)F)cc2)CCCC1. The first-order valence-electron chi connectivity index (χ1n) is 6.39. The summed E-state index contributed by atoms with van der Waals surface area (Å²) in [5.41, 5.74) is -0.0596. The molecular weight excluding hydrogens is 273 g/mol. The van der Waals surface area contributed by atoms with Gasteiger partial charge in [0.25, 0.3) is 0 Å². The van der Waals surface area contributed by atoms with Gasteiger partial charge in [-0.15, -0.1) is 13.2 Å². The molecule has 0 unspecified atom stereocenters. The van der Waals surface area contributed by atoms with E-state index < -0.39 is 17.7 Å². The molecule has 3 nitrogen and oxygen atoms in total. The van der Waals surface area contributed by atoms with Crippen molar-refractivity contribution in [3.63, 3.8) is 0 Å². The Labute approximate surface area is 114 Å². The van der Waals surface area contributed by atoms with Gasteiger partial charge in [0.1, 0.15) is 5.75 Å². The monoisotopic (exact) mass is 288 g/mol. The molecule has 1 aromatic carbocycles. The lowest BCUT2D eigenvalue weighted by molar-refractivity contribution is -0.274. The second-order valence-corrected chi connectivity index (χ2v) is 5.16. The van der Waals surface area contributed by atoms with Gasteiger partial charge in [0.05, 0.1) is 5.41 Å². The Morgan fingerprint density at radius 3 is 2.20 bits per heavy atom. The fourth-order valence-electron chi connectivity index (χ4n) is 2.72. The number of hydrogen-bond acceptors (Lipinski definition) is 2. The van der Waals surface area contributed by atoms with Crippen LogP contribution in [0.25, 0.3) is 0 Å². The fraction of sp³-hybridized carbons (Fsp3) is 0.500. The Bertz CT molecular complexity index is 473. The minimum absolute atomic E-state index is 0.294. The van der Waals surface area contributed by atoms with Gasteiger partial charge in [0.15, 0.2) is 0 Å². The Hall–Kier alpha value is -1.72. The van der Waals surface area contributed by atoms with Crippen LogP contribution in [0.1, 0.15) is 31.2 Å². The summed E-state index contributed by atoms with van der Waals surface area (Å²) in [7, 11) is 0. The third-order valence-electron chi connectivity index (χ3n) is 3.71. The number of aliphatic carboxylic acids is 1. The molecule has 1 aliphatic carbocycles. The van der Waals surface area contributed by atoms with E-state index in [1.165, 1.54) is 24.3 Å². The molecule has 1 saturated carbocycles. The number of alkyl halides is 3. The summed E-state index contributed by atoms with van der Waals surface area (Å²) in [5.74, 6) is -1.12. The minimum atomic E-state index is -4.71. The molecule has 0 saturated heterocycles. The summed E-state index contributed by atoms with van der Waals surface area (Å²) >= 11 is 0. The van der Waals surface area contributed by atoms with Crippen molar-refractivity contribution in [3.8, 4) is 5.75 Å². The van der Waals surface area contributed by atoms with Gasteiger partial charge in [-0.05, 0) is 37.0 Å². The zero-order valence-corrected chi connectivity index (χ0v) is 10.7. The zero-order chi connectivity index (χ0) is 14.8. The molecule has 6 heteroatoms. The van der Waals surface area contributed by atoms with E-state index in [4.69, 9.17) is 0 Å². The van der Waals surface area contributed by atoms with Gasteiger partial charge in [-0.1, -0.05) is 25.0 Å². The van der Waals surface area contributed by atoms with Gasteiger partial charge in [-0.25, -0.2) is 0 Å². The van der Waals surface area contributed by atoms with Crippen LogP contribution in [-0.2, 0) is 11.2 Å². The minimum Gasteiger partial charge on any atom is -0.481 e. The smallest absolute Gasteiger partial charge is 0.481 e. The maximum absolute atomic E-state index is 12.0. The lowest BCUT2D eigenvalue weighted by atomic mass is 9.80.